The predicted octanol–water partition coefficient (Wildman–Crippen LogP) is 1.94. The molecule has 1 saturated carbocycles. The third kappa shape index (κ3) is 3.61. The van der Waals surface area contributed by atoms with Gasteiger partial charge in [0.2, 0.25) is 0 Å². The van der Waals surface area contributed by atoms with Gasteiger partial charge in [-0.3, -0.25) is 13.6 Å². The van der Waals surface area contributed by atoms with Gasteiger partial charge in [-0.05, 0) is 38.8 Å². The van der Waals surface area contributed by atoms with E-state index in [2.05, 4.69) is 16.1 Å². The van der Waals surface area contributed by atoms with Crippen LogP contribution in [0.1, 0.15) is 44.9 Å². The molecule has 2 fully saturated rings. The average molecular weight is 279 g/mol. The van der Waals surface area contributed by atoms with Gasteiger partial charge < -0.3 is 0 Å². The molecule has 0 amide bonds. The molecule has 1 aliphatic carbocycles. The molecule has 2 rings (SSSR count). The molecule has 1 saturated heterocycles. The standard InChI is InChI=1S/C11H21NO3S2/c13-17(14,16)15-10-11(6-2-1-3-7-11)12-8-4-5-9-12/h1-10H2,(H,13,14,16). The van der Waals surface area contributed by atoms with E-state index >= 15 is 0 Å². The average Bonchev–Trinajstić information content (AvgIpc) is 2.81. The Kier molecular flexibility index (Phi) is 4.41. The summed E-state index contributed by atoms with van der Waals surface area (Å²) in [6.07, 6.45) is 8.22. The fourth-order valence-electron chi connectivity index (χ4n) is 3.14. The van der Waals surface area contributed by atoms with Crippen molar-refractivity contribution in [1.29, 1.82) is 0 Å². The lowest BCUT2D eigenvalue weighted by atomic mass is 9.81. The van der Waals surface area contributed by atoms with Crippen molar-refractivity contribution in [2.75, 3.05) is 19.7 Å². The first kappa shape index (κ1) is 13.7. The molecule has 0 aromatic heterocycles. The smallest absolute Gasteiger partial charge is 0.266 e. The van der Waals surface area contributed by atoms with E-state index in [1.54, 1.807) is 0 Å². The first-order valence-electron chi connectivity index (χ1n) is 6.39. The Hall–Kier alpha value is 0.250. The molecule has 0 aromatic carbocycles. The molecule has 1 heterocycles. The molecule has 1 unspecified atom stereocenters. The van der Waals surface area contributed by atoms with Crippen molar-refractivity contribution in [3.63, 3.8) is 0 Å². The summed E-state index contributed by atoms with van der Waals surface area (Å²) < 4.78 is 25.3. The van der Waals surface area contributed by atoms with Crippen LogP contribution in [-0.4, -0.2) is 38.9 Å². The van der Waals surface area contributed by atoms with Crippen LogP contribution in [0.2, 0.25) is 0 Å². The van der Waals surface area contributed by atoms with Crippen molar-refractivity contribution in [3.05, 3.63) is 0 Å². The van der Waals surface area contributed by atoms with Crippen LogP contribution in [0, 0.1) is 0 Å². The van der Waals surface area contributed by atoms with Gasteiger partial charge in [0.1, 0.15) is 0 Å². The number of hydrogen-bond donors (Lipinski definition) is 1. The molecule has 4 nitrogen and oxygen atoms in total. The molecule has 1 aliphatic heterocycles. The highest BCUT2D eigenvalue weighted by Crippen LogP contribution is 2.36. The quantitative estimate of drug-likeness (QED) is 0.852. The van der Waals surface area contributed by atoms with E-state index in [0.29, 0.717) is 6.61 Å². The summed E-state index contributed by atoms with van der Waals surface area (Å²) >= 11 is 4.42. The van der Waals surface area contributed by atoms with Crippen LogP contribution in [-0.2, 0) is 24.4 Å². The van der Waals surface area contributed by atoms with E-state index < -0.39 is 9.05 Å². The van der Waals surface area contributed by atoms with E-state index in [9.17, 15) is 4.21 Å². The van der Waals surface area contributed by atoms with Crippen molar-refractivity contribution in [3.8, 4) is 0 Å². The highest BCUT2D eigenvalue weighted by Gasteiger charge is 2.40. The minimum absolute atomic E-state index is 0.0288. The summed E-state index contributed by atoms with van der Waals surface area (Å²) in [6.45, 7) is 2.49. The van der Waals surface area contributed by atoms with Gasteiger partial charge in [-0.2, -0.15) is 4.21 Å². The van der Waals surface area contributed by atoms with Crippen LogP contribution >= 0.6 is 0 Å². The molecule has 1 atom stereocenters. The third-order valence-corrected chi connectivity index (χ3v) is 4.74. The second-order valence-corrected chi connectivity index (χ2v) is 7.52. The lowest BCUT2D eigenvalue weighted by Crippen LogP contribution is -2.52. The number of hydrogen-bond acceptors (Lipinski definition) is 4. The maximum atomic E-state index is 11.1. The molecule has 17 heavy (non-hydrogen) atoms. The molecule has 2 aliphatic rings. The Morgan fingerprint density at radius 2 is 1.76 bits per heavy atom. The monoisotopic (exact) mass is 279 g/mol. The van der Waals surface area contributed by atoms with Crippen LogP contribution in [0.25, 0.3) is 0 Å². The van der Waals surface area contributed by atoms with Gasteiger partial charge in [0.05, 0.1) is 6.61 Å². The number of nitrogens with zero attached hydrogens (tertiary/aromatic N) is 1. The highest BCUT2D eigenvalue weighted by atomic mass is 32.9. The fraction of sp³-hybridized carbons (Fsp3) is 1.00. The molecule has 0 bridgehead atoms. The molecule has 100 valence electrons. The van der Waals surface area contributed by atoms with Crippen LogP contribution in [0.3, 0.4) is 0 Å². The van der Waals surface area contributed by atoms with Gasteiger partial charge >= 0.3 is 0 Å². The van der Waals surface area contributed by atoms with Gasteiger partial charge in [0.15, 0.2) is 0 Å². The van der Waals surface area contributed by atoms with E-state index in [1.165, 1.54) is 32.1 Å². The Morgan fingerprint density at radius 1 is 1.18 bits per heavy atom. The minimum atomic E-state index is -3.48. The number of rotatable bonds is 4. The summed E-state index contributed by atoms with van der Waals surface area (Å²) in [6, 6.07) is 0. The SMILES string of the molecule is O=S(O)(=S)OCC1(N2CCCC2)CCCCC1. The van der Waals surface area contributed by atoms with Crippen molar-refractivity contribution in [1.82, 2.24) is 4.90 Å². The van der Waals surface area contributed by atoms with Crippen molar-refractivity contribution in [2.24, 2.45) is 0 Å². The van der Waals surface area contributed by atoms with Crippen LogP contribution < -0.4 is 0 Å². The maximum Gasteiger partial charge on any atom is 0.266 e. The Balaban J connectivity index is 2.05. The molecular formula is C11H21NO3S2. The Bertz CT molecular complexity index is 344. The van der Waals surface area contributed by atoms with Gasteiger partial charge in [-0.1, -0.05) is 19.3 Å². The zero-order valence-electron chi connectivity index (χ0n) is 10.1. The third-order valence-electron chi connectivity index (χ3n) is 4.04. The molecule has 0 aromatic rings. The topological polar surface area (TPSA) is 49.8 Å². The molecule has 0 spiro atoms. The summed E-state index contributed by atoms with van der Waals surface area (Å²) in [7, 11) is -3.48. The lowest BCUT2D eigenvalue weighted by Gasteiger charge is -2.44. The highest BCUT2D eigenvalue weighted by molar-refractivity contribution is 8.27. The predicted molar refractivity (Wildman–Crippen MR) is 70.7 cm³/mol. The first-order valence-corrected chi connectivity index (χ1v) is 8.75. The van der Waals surface area contributed by atoms with E-state index in [4.69, 9.17) is 8.74 Å². The Labute approximate surface area is 108 Å². The lowest BCUT2D eigenvalue weighted by molar-refractivity contribution is 0.0273. The first-order chi connectivity index (χ1) is 8.02. The zero-order chi connectivity index (χ0) is 12.4. The summed E-state index contributed by atoms with van der Waals surface area (Å²) in [5.74, 6) is 0. The van der Waals surface area contributed by atoms with E-state index in [0.717, 1.165) is 25.9 Å². The van der Waals surface area contributed by atoms with Crippen molar-refractivity contribution in [2.45, 2.75) is 50.5 Å². The molecule has 0 radical (unpaired) electrons. The maximum absolute atomic E-state index is 11.1. The van der Waals surface area contributed by atoms with Gasteiger partial charge in [-0.15, -0.1) is 0 Å². The van der Waals surface area contributed by atoms with E-state index in [1.807, 2.05) is 0 Å². The van der Waals surface area contributed by atoms with Crippen molar-refractivity contribution >= 4 is 20.2 Å². The van der Waals surface area contributed by atoms with Crippen LogP contribution in [0.4, 0.5) is 0 Å². The second kappa shape index (κ2) is 5.48. The van der Waals surface area contributed by atoms with E-state index in [-0.39, 0.29) is 5.54 Å². The normalized spacial score (nSPS) is 29.0. The number of likely N-dealkylation sites (tertiary alicyclic amines) is 1. The zero-order valence-corrected chi connectivity index (χ0v) is 11.7. The Morgan fingerprint density at radius 3 is 2.29 bits per heavy atom. The molecule has 6 heteroatoms. The molecule has 1 N–H and O–H groups in total. The van der Waals surface area contributed by atoms with Crippen LogP contribution in [0.15, 0.2) is 0 Å². The minimum Gasteiger partial charge on any atom is -0.295 e. The summed E-state index contributed by atoms with van der Waals surface area (Å²) in [5.41, 5.74) is -0.0288. The van der Waals surface area contributed by atoms with Crippen LogP contribution in [0.5, 0.6) is 0 Å². The molecular weight excluding hydrogens is 258 g/mol. The fourth-order valence-corrected chi connectivity index (χ4v) is 3.65. The summed E-state index contributed by atoms with van der Waals surface area (Å²) in [5, 5.41) is 0. The van der Waals surface area contributed by atoms with Gasteiger partial charge in [0.25, 0.3) is 9.05 Å². The second-order valence-electron chi connectivity index (χ2n) is 5.17. The van der Waals surface area contributed by atoms with Gasteiger partial charge in [-0.25, -0.2) is 0 Å². The summed E-state index contributed by atoms with van der Waals surface area (Å²) in [4.78, 5) is 2.45. The largest absolute Gasteiger partial charge is 0.295 e. The van der Waals surface area contributed by atoms with Gasteiger partial charge in [0, 0.05) is 16.7 Å². The van der Waals surface area contributed by atoms with Crippen molar-refractivity contribution < 1.29 is 12.9 Å².